The third-order valence-corrected chi connectivity index (χ3v) is 2.01. The van der Waals surface area contributed by atoms with Crippen LogP contribution in [0.4, 0.5) is 0 Å². The van der Waals surface area contributed by atoms with Crippen molar-refractivity contribution in [1.82, 2.24) is 10.1 Å². The number of carbonyl (C=O) groups excluding carboxylic acids is 1. The van der Waals surface area contributed by atoms with Crippen molar-refractivity contribution in [3.8, 4) is 0 Å². The molecule has 6 nitrogen and oxygen atoms in total. The van der Waals surface area contributed by atoms with E-state index in [1.807, 2.05) is 0 Å². The molecule has 0 amide bonds. The van der Waals surface area contributed by atoms with Crippen molar-refractivity contribution in [3.63, 3.8) is 0 Å². The van der Waals surface area contributed by atoms with E-state index in [9.17, 15) is 9.59 Å². The normalized spacial score (nSPS) is 10.1. The first kappa shape index (κ1) is 11.0. The average Bonchev–Trinajstić information content (AvgIpc) is 2.77. The van der Waals surface area contributed by atoms with E-state index < -0.39 is 18.2 Å². The zero-order chi connectivity index (χ0) is 12.3. The third kappa shape index (κ3) is 2.54. The average molecular weight is 232 g/mol. The molecule has 0 spiro atoms. The lowest BCUT2D eigenvalue weighted by Crippen LogP contribution is -2.04. The van der Waals surface area contributed by atoms with Crippen LogP contribution in [0, 0.1) is 0 Å². The van der Waals surface area contributed by atoms with Gasteiger partial charge in [0, 0.05) is 5.56 Å². The first-order valence-electron chi connectivity index (χ1n) is 4.81. The third-order valence-electron chi connectivity index (χ3n) is 2.01. The summed E-state index contributed by atoms with van der Waals surface area (Å²) in [5.74, 6) is -1.71. The summed E-state index contributed by atoms with van der Waals surface area (Å²) in [5, 5.41) is 12.0. The minimum Gasteiger partial charge on any atom is -0.481 e. The van der Waals surface area contributed by atoms with Crippen LogP contribution in [0.25, 0.3) is 0 Å². The molecule has 17 heavy (non-hydrogen) atoms. The summed E-state index contributed by atoms with van der Waals surface area (Å²) in [6.07, 6.45) is -0.394. The molecule has 1 heterocycles. The van der Waals surface area contributed by atoms with Crippen molar-refractivity contribution in [1.29, 1.82) is 0 Å². The van der Waals surface area contributed by atoms with Crippen molar-refractivity contribution in [2.75, 3.05) is 0 Å². The number of carboxylic acid groups (broad SMARTS) is 1. The van der Waals surface area contributed by atoms with E-state index in [0.29, 0.717) is 5.56 Å². The molecule has 0 aliphatic rings. The highest BCUT2D eigenvalue weighted by atomic mass is 16.5. The van der Waals surface area contributed by atoms with Gasteiger partial charge < -0.3 is 9.63 Å². The van der Waals surface area contributed by atoms with Gasteiger partial charge in [-0.15, -0.1) is 0 Å². The monoisotopic (exact) mass is 232 g/mol. The van der Waals surface area contributed by atoms with E-state index in [1.54, 1.807) is 30.3 Å². The lowest BCUT2D eigenvalue weighted by molar-refractivity contribution is -0.136. The van der Waals surface area contributed by atoms with Crippen molar-refractivity contribution in [2.45, 2.75) is 6.42 Å². The van der Waals surface area contributed by atoms with Crippen LogP contribution in [0.15, 0.2) is 34.9 Å². The fourth-order valence-electron chi connectivity index (χ4n) is 1.27. The number of benzene rings is 1. The number of nitrogens with zero attached hydrogens (tertiary/aromatic N) is 2. The number of rotatable bonds is 4. The molecule has 0 fully saturated rings. The van der Waals surface area contributed by atoms with Gasteiger partial charge in [0.25, 0.3) is 0 Å². The summed E-state index contributed by atoms with van der Waals surface area (Å²) in [6.45, 7) is 0. The maximum atomic E-state index is 11.8. The van der Waals surface area contributed by atoms with E-state index in [2.05, 4.69) is 14.7 Å². The van der Waals surface area contributed by atoms with Crippen LogP contribution in [-0.2, 0) is 11.2 Å². The maximum Gasteiger partial charge on any atom is 0.312 e. The molecular formula is C11H8N2O4. The van der Waals surface area contributed by atoms with E-state index in [-0.39, 0.29) is 11.7 Å². The molecule has 0 atom stereocenters. The van der Waals surface area contributed by atoms with E-state index >= 15 is 0 Å². The first-order chi connectivity index (χ1) is 8.16. The summed E-state index contributed by atoms with van der Waals surface area (Å²) in [4.78, 5) is 25.9. The van der Waals surface area contributed by atoms with Crippen LogP contribution in [0.2, 0.25) is 0 Å². The summed E-state index contributed by atoms with van der Waals surface area (Å²) >= 11 is 0. The number of carbonyl (C=O) groups is 2. The predicted octanol–water partition coefficient (Wildman–Crippen LogP) is 0.928. The Morgan fingerprint density at radius 3 is 2.59 bits per heavy atom. The molecule has 0 unspecified atom stereocenters. The molecule has 1 aromatic carbocycles. The topological polar surface area (TPSA) is 93.3 Å². The minimum atomic E-state index is -1.09. The molecule has 0 saturated carbocycles. The Kier molecular flexibility index (Phi) is 2.95. The number of aliphatic carboxylic acids is 1. The molecular weight excluding hydrogens is 224 g/mol. The Morgan fingerprint density at radius 1 is 1.24 bits per heavy atom. The van der Waals surface area contributed by atoms with Crippen molar-refractivity contribution < 1.29 is 19.2 Å². The summed E-state index contributed by atoms with van der Waals surface area (Å²) < 4.78 is 4.66. The predicted molar refractivity (Wildman–Crippen MR) is 55.5 cm³/mol. The Labute approximate surface area is 95.9 Å². The molecule has 0 aliphatic heterocycles. The Morgan fingerprint density at radius 2 is 1.94 bits per heavy atom. The van der Waals surface area contributed by atoms with Gasteiger partial charge in [-0.3, -0.25) is 9.59 Å². The lowest BCUT2D eigenvalue weighted by Gasteiger charge is -1.93. The second-order valence-electron chi connectivity index (χ2n) is 3.28. The first-order valence-corrected chi connectivity index (χ1v) is 4.81. The molecule has 2 aromatic rings. The number of ketones is 1. The second kappa shape index (κ2) is 4.56. The summed E-state index contributed by atoms with van der Waals surface area (Å²) in [7, 11) is 0. The molecule has 0 aliphatic carbocycles. The van der Waals surface area contributed by atoms with Gasteiger partial charge in [-0.2, -0.15) is 4.98 Å². The zero-order valence-corrected chi connectivity index (χ0v) is 8.66. The van der Waals surface area contributed by atoms with Crippen LogP contribution in [0.5, 0.6) is 0 Å². The Balaban J connectivity index is 2.21. The Bertz CT molecular complexity index is 548. The molecule has 2 rings (SSSR count). The van der Waals surface area contributed by atoms with Gasteiger partial charge in [-0.1, -0.05) is 35.5 Å². The van der Waals surface area contributed by atoms with Crippen LogP contribution in [0.1, 0.15) is 22.1 Å². The lowest BCUT2D eigenvalue weighted by atomic mass is 10.1. The fraction of sp³-hybridized carbons (Fsp3) is 0.0909. The minimum absolute atomic E-state index is 0.0863. The van der Waals surface area contributed by atoms with Gasteiger partial charge in [0.15, 0.2) is 0 Å². The highest BCUT2D eigenvalue weighted by Crippen LogP contribution is 2.07. The van der Waals surface area contributed by atoms with Gasteiger partial charge in [0.2, 0.25) is 17.5 Å². The van der Waals surface area contributed by atoms with Crippen molar-refractivity contribution in [2.24, 2.45) is 0 Å². The highest BCUT2D eigenvalue weighted by Gasteiger charge is 2.17. The smallest absolute Gasteiger partial charge is 0.312 e. The molecule has 0 saturated heterocycles. The van der Waals surface area contributed by atoms with Crippen LogP contribution in [0.3, 0.4) is 0 Å². The van der Waals surface area contributed by atoms with E-state index in [4.69, 9.17) is 5.11 Å². The number of hydrogen-bond acceptors (Lipinski definition) is 5. The van der Waals surface area contributed by atoms with Crippen LogP contribution >= 0.6 is 0 Å². The molecule has 1 N–H and O–H groups in total. The van der Waals surface area contributed by atoms with E-state index in [1.165, 1.54) is 0 Å². The quantitative estimate of drug-likeness (QED) is 0.788. The van der Waals surface area contributed by atoms with Gasteiger partial charge in [0.05, 0.1) is 0 Å². The van der Waals surface area contributed by atoms with Crippen LogP contribution in [-0.4, -0.2) is 27.0 Å². The maximum absolute atomic E-state index is 11.8. The van der Waals surface area contributed by atoms with Crippen LogP contribution < -0.4 is 0 Å². The summed E-state index contributed by atoms with van der Waals surface area (Å²) in [5.41, 5.74) is 0.426. The molecule has 86 valence electrons. The van der Waals surface area contributed by atoms with Crippen molar-refractivity contribution >= 4 is 11.8 Å². The summed E-state index contributed by atoms with van der Waals surface area (Å²) in [6, 6.07) is 8.45. The standard InChI is InChI=1S/C11H8N2O4/c14-9(15)6-8-12-11(13-17-8)10(16)7-4-2-1-3-5-7/h1-5H,6H2,(H,14,15). The molecule has 1 aromatic heterocycles. The zero-order valence-electron chi connectivity index (χ0n) is 8.66. The number of carboxylic acids is 1. The second-order valence-corrected chi connectivity index (χ2v) is 3.28. The molecule has 6 heteroatoms. The van der Waals surface area contributed by atoms with Gasteiger partial charge in [-0.25, -0.2) is 0 Å². The van der Waals surface area contributed by atoms with Gasteiger partial charge in [0.1, 0.15) is 6.42 Å². The van der Waals surface area contributed by atoms with E-state index in [0.717, 1.165) is 0 Å². The largest absolute Gasteiger partial charge is 0.481 e. The Hall–Kier alpha value is -2.50. The fourth-order valence-corrected chi connectivity index (χ4v) is 1.27. The SMILES string of the molecule is O=C(O)Cc1nc(C(=O)c2ccccc2)no1. The molecule has 0 radical (unpaired) electrons. The number of hydrogen-bond donors (Lipinski definition) is 1. The molecule has 0 bridgehead atoms. The number of aromatic nitrogens is 2. The van der Waals surface area contributed by atoms with Gasteiger partial charge >= 0.3 is 5.97 Å². The van der Waals surface area contributed by atoms with Crippen molar-refractivity contribution in [3.05, 3.63) is 47.6 Å². The van der Waals surface area contributed by atoms with Gasteiger partial charge in [-0.05, 0) is 0 Å². The highest BCUT2D eigenvalue weighted by molar-refractivity contribution is 6.06.